The molecule has 0 spiro atoms. The number of para-hydroxylation sites is 2. The van der Waals surface area contributed by atoms with Crippen LogP contribution in [0.4, 0.5) is 11.4 Å². The molecule has 11 nitrogen and oxygen atoms in total. The van der Waals surface area contributed by atoms with Gasteiger partial charge in [0, 0.05) is 17.7 Å². The highest BCUT2D eigenvalue weighted by atomic mass is 16.4. The van der Waals surface area contributed by atoms with Crippen LogP contribution in [0.5, 0.6) is 28.7 Å². The minimum absolute atomic E-state index is 0.134. The van der Waals surface area contributed by atoms with E-state index in [1.807, 2.05) is 60.7 Å². The number of fused-ring (bicyclic) bond motifs is 1. The standard InChI is InChI=1S/C19H20N2O2.C15H10O7/c1-2-3-14-17-18(22)20(15-10-6-4-7-11-15)21(19(17)23)16-12-8-5-9-13-16;16-7-4-10(19)12-11(5-7)22-15(14(21)13(12)20)6-1-2-8(17)9(18)3-6/h4-13,17H,2-3,14H2,1H3;1-5,16-19,21H. The van der Waals surface area contributed by atoms with E-state index < -0.39 is 28.6 Å². The van der Waals surface area contributed by atoms with Crippen LogP contribution in [-0.4, -0.2) is 37.3 Å². The van der Waals surface area contributed by atoms with Crippen molar-refractivity contribution in [2.75, 3.05) is 10.0 Å². The average Bonchev–Trinajstić information content (AvgIpc) is 3.28. The van der Waals surface area contributed by atoms with Gasteiger partial charge in [0.25, 0.3) is 11.8 Å². The lowest BCUT2D eigenvalue weighted by molar-refractivity contribution is -0.127. The van der Waals surface area contributed by atoms with Gasteiger partial charge in [0.05, 0.1) is 11.4 Å². The van der Waals surface area contributed by atoms with Crippen LogP contribution in [0.25, 0.3) is 22.3 Å². The van der Waals surface area contributed by atoms with Gasteiger partial charge in [0.2, 0.25) is 11.2 Å². The number of nitrogens with zero attached hydrogens (tertiary/aromatic N) is 2. The molecule has 5 N–H and O–H groups in total. The van der Waals surface area contributed by atoms with Gasteiger partial charge >= 0.3 is 0 Å². The van der Waals surface area contributed by atoms with E-state index in [-0.39, 0.29) is 45.6 Å². The van der Waals surface area contributed by atoms with Crippen LogP contribution in [0.15, 0.2) is 100 Å². The lowest BCUT2D eigenvalue weighted by atomic mass is 10.0. The van der Waals surface area contributed by atoms with E-state index in [9.17, 15) is 39.9 Å². The highest BCUT2D eigenvalue weighted by Gasteiger charge is 2.46. The first kappa shape index (κ1) is 30.5. The van der Waals surface area contributed by atoms with Crippen molar-refractivity contribution < 1.29 is 39.5 Å². The van der Waals surface area contributed by atoms with Crippen molar-refractivity contribution in [1.82, 2.24) is 0 Å². The van der Waals surface area contributed by atoms with Gasteiger partial charge in [0.1, 0.15) is 28.4 Å². The third-order valence-corrected chi connectivity index (χ3v) is 7.23. The molecule has 0 atom stereocenters. The number of hydrogen-bond acceptors (Lipinski definition) is 9. The summed E-state index contributed by atoms with van der Waals surface area (Å²) in [5.74, 6) is -3.58. The first-order chi connectivity index (χ1) is 21.6. The SMILES string of the molecule is CCCCC1C(=O)N(c2ccccc2)N(c2ccccc2)C1=O.O=c1c(O)c(-c2ccc(O)c(O)c2)oc2cc(O)cc(O)c12. The number of aromatic hydroxyl groups is 5. The minimum atomic E-state index is -0.888. The fourth-order valence-electron chi connectivity index (χ4n) is 5.01. The quantitative estimate of drug-likeness (QED) is 0.118. The van der Waals surface area contributed by atoms with E-state index >= 15 is 0 Å². The van der Waals surface area contributed by atoms with E-state index in [4.69, 9.17) is 4.42 Å². The molecular weight excluding hydrogens is 580 g/mol. The van der Waals surface area contributed by atoms with Crippen molar-refractivity contribution in [1.29, 1.82) is 0 Å². The van der Waals surface area contributed by atoms with Gasteiger partial charge < -0.3 is 29.9 Å². The largest absolute Gasteiger partial charge is 0.508 e. The van der Waals surface area contributed by atoms with Gasteiger partial charge in [-0.05, 0) is 48.9 Å². The number of anilines is 2. The zero-order chi connectivity index (χ0) is 32.2. The summed E-state index contributed by atoms with van der Waals surface area (Å²) >= 11 is 0. The van der Waals surface area contributed by atoms with Crippen LogP contribution in [0.1, 0.15) is 26.2 Å². The lowest BCUT2D eigenvalue weighted by Gasteiger charge is -2.27. The molecule has 2 heterocycles. The normalized spacial score (nSPS) is 13.3. The topological polar surface area (TPSA) is 172 Å². The number of carbonyl (C=O) groups excluding carboxylic acids is 2. The molecule has 1 aromatic heterocycles. The fourth-order valence-corrected chi connectivity index (χ4v) is 5.01. The molecule has 1 saturated heterocycles. The second kappa shape index (κ2) is 12.7. The molecule has 0 bridgehead atoms. The van der Waals surface area contributed by atoms with Crippen LogP contribution >= 0.6 is 0 Å². The predicted molar refractivity (Wildman–Crippen MR) is 167 cm³/mol. The van der Waals surface area contributed by atoms with Gasteiger partial charge in [-0.15, -0.1) is 0 Å². The molecule has 5 aromatic rings. The van der Waals surface area contributed by atoms with Gasteiger partial charge in [-0.25, -0.2) is 10.0 Å². The van der Waals surface area contributed by atoms with Crippen molar-refractivity contribution in [3.8, 4) is 40.1 Å². The van der Waals surface area contributed by atoms with E-state index in [1.165, 1.54) is 16.1 Å². The molecule has 6 rings (SSSR count). The molecular formula is C34H30N2O9. The number of unbranched alkanes of at least 4 members (excludes halogenated alkanes) is 1. The summed E-state index contributed by atoms with van der Waals surface area (Å²) in [5, 5.41) is 50.7. The maximum Gasteiger partial charge on any atom is 0.258 e. The molecule has 1 aliphatic heterocycles. The average molecular weight is 611 g/mol. The molecule has 0 radical (unpaired) electrons. The Hall–Kier alpha value is -5.97. The van der Waals surface area contributed by atoms with Gasteiger partial charge in [-0.1, -0.05) is 56.2 Å². The van der Waals surface area contributed by atoms with Gasteiger partial charge in [-0.2, -0.15) is 0 Å². The number of phenolic OH excluding ortho intramolecular Hbond substituents is 4. The number of hydrogen-bond donors (Lipinski definition) is 5. The first-order valence-corrected chi connectivity index (χ1v) is 14.1. The lowest BCUT2D eigenvalue weighted by Crippen LogP contribution is -2.41. The monoisotopic (exact) mass is 610 g/mol. The zero-order valence-corrected chi connectivity index (χ0v) is 24.1. The van der Waals surface area contributed by atoms with Crippen LogP contribution < -0.4 is 15.4 Å². The van der Waals surface area contributed by atoms with Gasteiger partial charge in [-0.3, -0.25) is 14.4 Å². The van der Waals surface area contributed by atoms with E-state index in [0.717, 1.165) is 37.1 Å². The second-order valence-electron chi connectivity index (χ2n) is 10.3. The maximum atomic E-state index is 12.9. The van der Waals surface area contributed by atoms with Crippen molar-refractivity contribution in [3.05, 3.63) is 101 Å². The molecule has 1 fully saturated rings. The number of amides is 2. The molecule has 45 heavy (non-hydrogen) atoms. The Balaban J connectivity index is 0.000000178. The predicted octanol–water partition coefficient (Wildman–Crippen LogP) is 5.78. The molecule has 230 valence electrons. The van der Waals surface area contributed by atoms with Crippen molar-refractivity contribution in [3.63, 3.8) is 0 Å². The summed E-state index contributed by atoms with van der Waals surface area (Å²) in [6.07, 6.45) is 2.43. The molecule has 0 aliphatic carbocycles. The summed E-state index contributed by atoms with van der Waals surface area (Å²) in [6, 6.07) is 24.3. The van der Waals surface area contributed by atoms with Crippen molar-refractivity contribution in [2.24, 2.45) is 5.92 Å². The number of rotatable bonds is 6. The fraction of sp³-hybridized carbons (Fsp3) is 0.147. The number of phenols is 4. The summed E-state index contributed by atoms with van der Waals surface area (Å²) in [7, 11) is 0. The molecule has 0 unspecified atom stereocenters. The third-order valence-electron chi connectivity index (χ3n) is 7.23. The molecule has 2 amide bonds. The van der Waals surface area contributed by atoms with Gasteiger partial charge in [0.15, 0.2) is 17.3 Å². The number of carbonyl (C=O) groups is 2. The van der Waals surface area contributed by atoms with Crippen LogP contribution in [-0.2, 0) is 9.59 Å². The molecule has 11 heteroatoms. The smallest absolute Gasteiger partial charge is 0.258 e. The molecule has 4 aromatic carbocycles. The van der Waals surface area contributed by atoms with E-state index in [0.29, 0.717) is 17.8 Å². The Morgan fingerprint density at radius 3 is 1.80 bits per heavy atom. The maximum absolute atomic E-state index is 12.9. The Morgan fingerprint density at radius 1 is 0.689 bits per heavy atom. The highest BCUT2D eigenvalue weighted by Crippen LogP contribution is 2.38. The third kappa shape index (κ3) is 5.96. The summed E-state index contributed by atoms with van der Waals surface area (Å²) < 4.78 is 5.35. The molecule has 1 aliphatic rings. The summed E-state index contributed by atoms with van der Waals surface area (Å²) in [4.78, 5) is 37.9. The second-order valence-corrected chi connectivity index (χ2v) is 10.3. The number of hydrazine groups is 1. The Bertz CT molecular complexity index is 1870. The van der Waals surface area contributed by atoms with Crippen molar-refractivity contribution >= 4 is 34.2 Å². The van der Waals surface area contributed by atoms with Crippen LogP contribution in [0.3, 0.4) is 0 Å². The van der Waals surface area contributed by atoms with Crippen LogP contribution in [0, 0.1) is 5.92 Å². The minimum Gasteiger partial charge on any atom is -0.508 e. The first-order valence-electron chi connectivity index (χ1n) is 14.1. The Labute approximate surface area is 257 Å². The highest BCUT2D eigenvalue weighted by molar-refractivity contribution is 6.23. The van der Waals surface area contributed by atoms with Crippen LogP contribution in [0.2, 0.25) is 0 Å². The summed E-state index contributed by atoms with van der Waals surface area (Å²) in [6.45, 7) is 2.06. The Kier molecular flexibility index (Phi) is 8.62. The summed E-state index contributed by atoms with van der Waals surface area (Å²) in [5.41, 5.74) is 0.543. The van der Waals surface area contributed by atoms with Crippen molar-refractivity contribution in [2.45, 2.75) is 26.2 Å². The Morgan fingerprint density at radius 2 is 1.27 bits per heavy atom. The van der Waals surface area contributed by atoms with E-state index in [2.05, 4.69) is 6.92 Å². The zero-order valence-electron chi connectivity index (χ0n) is 24.1. The number of benzene rings is 4. The molecule has 0 saturated carbocycles. The van der Waals surface area contributed by atoms with E-state index in [1.54, 1.807) is 0 Å².